The second-order valence-corrected chi connectivity index (χ2v) is 6.85. The zero-order valence-electron chi connectivity index (χ0n) is 14.1. The van der Waals surface area contributed by atoms with E-state index >= 15 is 0 Å². The lowest BCUT2D eigenvalue weighted by atomic mass is 10.2. The van der Waals surface area contributed by atoms with Gasteiger partial charge in [-0.2, -0.15) is 0 Å². The van der Waals surface area contributed by atoms with Crippen molar-refractivity contribution in [1.29, 1.82) is 0 Å². The van der Waals surface area contributed by atoms with E-state index in [9.17, 15) is 14.4 Å². The lowest BCUT2D eigenvalue weighted by Gasteiger charge is -2.24. The van der Waals surface area contributed by atoms with E-state index in [1.807, 2.05) is 24.4 Å². The Hall–Kier alpha value is -2.67. The number of amides is 1. The van der Waals surface area contributed by atoms with Gasteiger partial charge in [0.2, 0.25) is 5.91 Å². The second kappa shape index (κ2) is 7.06. The normalized spacial score (nSPS) is 12.2. The highest BCUT2D eigenvalue weighted by molar-refractivity contribution is 7.10. The van der Waals surface area contributed by atoms with Crippen molar-refractivity contribution in [3.63, 3.8) is 0 Å². The SMILES string of the molecule is CC(c1cccs1)N(C)C(=O)CCn1c(=O)[nH]c(=O)c2ccccc21. The quantitative estimate of drug-likeness (QED) is 0.762. The first-order valence-corrected chi connectivity index (χ1v) is 8.88. The maximum absolute atomic E-state index is 12.5. The van der Waals surface area contributed by atoms with E-state index in [-0.39, 0.29) is 24.9 Å². The predicted molar refractivity (Wildman–Crippen MR) is 98.9 cm³/mol. The molecule has 6 nitrogen and oxygen atoms in total. The highest BCUT2D eigenvalue weighted by Crippen LogP contribution is 2.23. The summed E-state index contributed by atoms with van der Waals surface area (Å²) in [6.45, 7) is 2.20. The van der Waals surface area contributed by atoms with Gasteiger partial charge in [-0.15, -0.1) is 11.3 Å². The minimum Gasteiger partial charge on any atom is -0.338 e. The number of nitrogens with one attached hydrogen (secondary N) is 1. The number of fused-ring (bicyclic) bond motifs is 1. The summed E-state index contributed by atoms with van der Waals surface area (Å²) < 4.78 is 1.44. The molecule has 0 fully saturated rings. The third-order valence-electron chi connectivity index (χ3n) is 4.38. The number of hydrogen-bond acceptors (Lipinski definition) is 4. The minimum absolute atomic E-state index is 0.0171. The Balaban J connectivity index is 1.80. The molecule has 0 saturated carbocycles. The van der Waals surface area contributed by atoms with Crippen molar-refractivity contribution in [2.24, 2.45) is 0 Å². The first-order valence-electron chi connectivity index (χ1n) is 8.00. The van der Waals surface area contributed by atoms with Crippen molar-refractivity contribution < 1.29 is 4.79 Å². The molecule has 0 spiro atoms. The Bertz CT molecular complexity index is 1000. The first kappa shape index (κ1) is 17.2. The zero-order valence-corrected chi connectivity index (χ0v) is 14.9. The molecule has 0 bridgehead atoms. The maximum atomic E-state index is 12.5. The molecule has 2 heterocycles. The third kappa shape index (κ3) is 3.41. The smallest absolute Gasteiger partial charge is 0.328 e. The number of rotatable bonds is 5. The molecule has 25 heavy (non-hydrogen) atoms. The number of thiophene rings is 1. The lowest BCUT2D eigenvalue weighted by molar-refractivity contribution is -0.132. The molecule has 1 unspecified atom stereocenters. The van der Waals surface area contributed by atoms with Crippen molar-refractivity contribution in [1.82, 2.24) is 14.5 Å². The third-order valence-corrected chi connectivity index (χ3v) is 5.43. The number of hydrogen-bond donors (Lipinski definition) is 1. The summed E-state index contributed by atoms with van der Waals surface area (Å²) in [5.74, 6) is -0.0527. The van der Waals surface area contributed by atoms with Gasteiger partial charge in [-0.05, 0) is 30.5 Å². The standard InChI is InChI=1S/C18H19N3O3S/c1-12(15-8-5-11-25-15)20(2)16(22)9-10-21-14-7-4-3-6-13(14)17(23)19-18(21)24/h3-8,11-12H,9-10H2,1-2H3,(H,19,23,24). The molecule has 0 aliphatic carbocycles. The van der Waals surface area contributed by atoms with Gasteiger partial charge < -0.3 is 4.90 Å². The molecule has 130 valence electrons. The number of aryl methyl sites for hydroxylation is 1. The van der Waals surface area contributed by atoms with Gasteiger partial charge in [0, 0.05) is 24.9 Å². The van der Waals surface area contributed by atoms with Crippen molar-refractivity contribution in [3.8, 4) is 0 Å². The van der Waals surface area contributed by atoms with Crippen LogP contribution in [0.1, 0.15) is 24.3 Å². The summed E-state index contributed by atoms with van der Waals surface area (Å²) in [4.78, 5) is 41.6. The van der Waals surface area contributed by atoms with Crippen LogP contribution < -0.4 is 11.2 Å². The summed E-state index contributed by atoms with van der Waals surface area (Å²) in [5.41, 5.74) is -0.366. The number of aromatic amines is 1. The number of nitrogens with zero attached hydrogens (tertiary/aromatic N) is 2. The van der Waals surface area contributed by atoms with Gasteiger partial charge in [-0.3, -0.25) is 19.1 Å². The monoisotopic (exact) mass is 357 g/mol. The van der Waals surface area contributed by atoms with Crippen molar-refractivity contribution in [2.75, 3.05) is 7.05 Å². The molecule has 1 atom stereocenters. The van der Waals surface area contributed by atoms with Crippen LogP contribution in [0.3, 0.4) is 0 Å². The van der Waals surface area contributed by atoms with Crippen LogP contribution >= 0.6 is 11.3 Å². The number of carbonyl (C=O) groups excluding carboxylic acids is 1. The van der Waals surface area contributed by atoms with E-state index in [0.717, 1.165) is 4.88 Å². The Labute approximate surface area is 148 Å². The lowest BCUT2D eigenvalue weighted by Crippen LogP contribution is -2.34. The second-order valence-electron chi connectivity index (χ2n) is 5.87. The topological polar surface area (TPSA) is 75.2 Å². The Morgan fingerprint density at radius 2 is 2.00 bits per heavy atom. The van der Waals surface area contributed by atoms with Crippen molar-refractivity contribution >= 4 is 28.1 Å². The molecule has 3 rings (SSSR count). The van der Waals surface area contributed by atoms with Gasteiger partial charge in [-0.25, -0.2) is 4.79 Å². The Kier molecular flexibility index (Phi) is 4.85. The molecule has 3 aromatic rings. The molecule has 7 heteroatoms. The molecule has 0 saturated heterocycles. The summed E-state index contributed by atoms with van der Waals surface area (Å²) in [6, 6.07) is 10.8. The minimum atomic E-state index is -0.495. The van der Waals surface area contributed by atoms with Gasteiger partial charge in [0.15, 0.2) is 0 Å². The van der Waals surface area contributed by atoms with Crippen LogP contribution in [0.5, 0.6) is 0 Å². The summed E-state index contributed by atoms with van der Waals surface area (Å²) >= 11 is 1.61. The average Bonchev–Trinajstić information content (AvgIpc) is 3.14. The highest BCUT2D eigenvalue weighted by Gasteiger charge is 2.18. The van der Waals surface area contributed by atoms with Crippen LogP contribution in [0.25, 0.3) is 10.9 Å². The van der Waals surface area contributed by atoms with Crippen LogP contribution in [0.2, 0.25) is 0 Å². The van der Waals surface area contributed by atoms with E-state index in [4.69, 9.17) is 0 Å². The summed E-state index contributed by atoms with van der Waals surface area (Å²) in [5, 5.41) is 2.42. The molecule has 0 radical (unpaired) electrons. The number of H-pyrrole nitrogens is 1. The van der Waals surface area contributed by atoms with Crippen LogP contribution in [0.15, 0.2) is 51.4 Å². The molecular formula is C18H19N3O3S. The van der Waals surface area contributed by atoms with Gasteiger partial charge in [-0.1, -0.05) is 18.2 Å². The fourth-order valence-electron chi connectivity index (χ4n) is 2.78. The predicted octanol–water partition coefficient (Wildman–Crippen LogP) is 2.36. The number of carbonyl (C=O) groups is 1. The zero-order chi connectivity index (χ0) is 18.0. The van der Waals surface area contributed by atoms with Crippen LogP contribution in [0.4, 0.5) is 0 Å². The molecule has 0 aliphatic heterocycles. The summed E-state index contributed by atoms with van der Waals surface area (Å²) in [6.07, 6.45) is 0.183. The van der Waals surface area contributed by atoms with Crippen LogP contribution in [-0.4, -0.2) is 27.4 Å². The van der Waals surface area contributed by atoms with E-state index < -0.39 is 11.2 Å². The Morgan fingerprint density at radius 1 is 1.24 bits per heavy atom. The van der Waals surface area contributed by atoms with E-state index in [1.165, 1.54) is 4.57 Å². The fourth-order valence-corrected chi connectivity index (χ4v) is 3.61. The van der Waals surface area contributed by atoms with Gasteiger partial charge in [0.05, 0.1) is 16.9 Å². The maximum Gasteiger partial charge on any atom is 0.328 e. The fraction of sp³-hybridized carbons (Fsp3) is 0.278. The van der Waals surface area contributed by atoms with Gasteiger partial charge >= 0.3 is 5.69 Å². The van der Waals surface area contributed by atoms with E-state index in [0.29, 0.717) is 10.9 Å². The van der Waals surface area contributed by atoms with Crippen LogP contribution in [0, 0.1) is 0 Å². The largest absolute Gasteiger partial charge is 0.338 e. The van der Waals surface area contributed by atoms with E-state index in [1.54, 1.807) is 47.5 Å². The molecular weight excluding hydrogens is 338 g/mol. The average molecular weight is 357 g/mol. The summed E-state index contributed by atoms with van der Waals surface area (Å²) in [7, 11) is 1.76. The van der Waals surface area contributed by atoms with Gasteiger partial charge in [0.25, 0.3) is 5.56 Å². The van der Waals surface area contributed by atoms with E-state index in [2.05, 4.69) is 4.98 Å². The Morgan fingerprint density at radius 3 is 2.72 bits per heavy atom. The highest BCUT2D eigenvalue weighted by atomic mass is 32.1. The number of benzene rings is 1. The molecule has 1 amide bonds. The number of para-hydroxylation sites is 1. The first-order chi connectivity index (χ1) is 12.0. The molecule has 1 N–H and O–H groups in total. The molecule has 0 aliphatic rings. The molecule has 2 aromatic heterocycles. The molecule has 1 aromatic carbocycles. The van der Waals surface area contributed by atoms with Crippen LogP contribution in [-0.2, 0) is 11.3 Å². The number of aromatic nitrogens is 2. The van der Waals surface area contributed by atoms with Crippen molar-refractivity contribution in [3.05, 3.63) is 67.5 Å². The van der Waals surface area contributed by atoms with Gasteiger partial charge in [0.1, 0.15) is 0 Å². The van der Waals surface area contributed by atoms with Crippen molar-refractivity contribution in [2.45, 2.75) is 25.9 Å².